The number of hydrogen-bond acceptors (Lipinski definition) is 4. The van der Waals surface area contributed by atoms with Crippen LogP contribution in [-0.2, 0) is 0 Å². The largest absolute Gasteiger partial charge is 0.497 e. The van der Waals surface area contributed by atoms with E-state index >= 15 is 0 Å². The predicted molar refractivity (Wildman–Crippen MR) is 109 cm³/mol. The van der Waals surface area contributed by atoms with Crippen molar-refractivity contribution >= 4 is 46.1 Å². The first-order valence-electron chi connectivity index (χ1n) is 7.86. The number of thiophene rings is 1. The molecule has 126 valence electrons. The van der Waals surface area contributed by atoms with Gasteiger partial charge in [-0.2, -0.15) is 0 Å². The molecule has 0 amide bonds. The maximum absolute atomic E-state index is 6.48. The minimum atomic E-state index is 0.117. The summed E-state index contributed by atoms with van der Waals surface area (Å²) >= 11 is 9.99. The Kier molecular flexibility index (Phi) is 4.75. The summed E-state index contributed by atoms with van der Waals surface area (Å²) in [6, 6.07) is 18.4. The molecule has 0 saturated heterocycles. The highest BCUT2D eigenvalue weighted by Gasteiger charge is 2.22. The summed E-state index contributed by atoms with van der Waals surface area (Å²) in [7, 11) is 1.69. The molecule has 1 aliphatic heterocycles. The van der Waals surface area contributed by atoms with Crippen LogP contribution in [0.15, 0.2) is 70.9 Å². The molecule has 5 heteroatoms. The van der Waals surface area contributed by atoms with Gasteiger partial charge in [0.15, 0.2) is 0 Å². The van der Waals surface area contributed by atoms with Crippen LogP contribution in [0.3, 0.4) is 0 Å². The normalized spacial score (nSPS) is 16.4. The summed E-state index contributed by atoms with van der Waals surface area (Å²) < 4.78 is 5.40. The van der Waals surface area contributed by atoms with Gasteiger partial charge < -0.3 is 10.1 Å². The quantitative estimate of drug-likeness (QED) is 0.541. The number of rotatable bonds is 3. The molecular formula is C20H16ClNOS2. The number of fused-ring (bicyclic) bond motifs is 1. The van der Waals surface area contributed by atoms with Gasteiger partial charge in [0.05, 0.1) is 28.6 Å². The molecule has 4 rings (SSSR count). The molecule has 1 atom stereocenters. The fourth-order valence-electron chi connectivity index (χ4n) is 2.77. The van der Waals surface area contributed by atoms with Crippen LogP contribution < -0.4 is 10.1 Å². The lowest BCUT2D eigenvalue weighted by Crippen LogP contribution is -1.97. The Bertz CT molecular complexity index is 921. The molecule has 0 bridgehead atoms. The highest BCUT2D eigenvalue weighted by Crippen LogP contribution is 2.47. The topological polar surface area (TPSA) is 21.3 Å². The average molecular weight is 386 g/mol. The maximum Gasteiger partial charge on any atom is 0.120 e. The Morgan fingerprint density at radius 2 is 1.96 bits per heavy atom. The van der Waals surface area contributed by atoms with E-state index in [9.17, 15) is 0 Å². The Hall–Kier alpha value is -1.88. The molecular weight excluding hydrogens is 370 g/mol. The van der Waals surface area contributed by atoms with E-state index in [0.29, 0.717) is 0 Å². The van der Waals surface area contributed by atoms with Gasteiger partial charge in [0.2, 0.25) is 0 Å². The number of nitrogens with one attached hydrogen (secondary N) is 1. The van der Waals surface area contributed by atoms with E-state index in [1.807, 2.05) is 24.3 Å². The van der Waals surface area contributed by atoms with Crippen LogP contribution in [0.25, 0.3) is 5.70 Å². The fraction of sp³-hybridized carbons (Fsp3) is 0.100. The van der Waals surface area contributed by atoms with Crippen molar-refractivity contribution in [2.24, 2.45) is 0 Å². The van der Waals surface area contributed by atoms with Gasteiger partial charge in [-0.1, -0.05) is 35.9 Å². The summed E-state index contributed by atoms with van der Waals surface area (Å²) in [6.45, 7) is 0. The molecule has 1 unspecified atom stereocenters. The van der Waals surface area contributed by atoms with Gasteiger partial charge in [-0.15, -0.1) is 23.1 Å². The average Bonchev–Trinajstić information content (AvgIpc) is 3.10. The Morgan fingerprint density at radius 1 is 1.08 bits per heavy atom. The summed E-state index contributed by atoms with van der Waals surface area (Å²) in [5, 5.41) is 6.58. The first kappa shape index (κ1) is 16.6. The molecule has 0 spiro atoms. The van der Waals surface area contributed by atoms with Crippen molar-refractivity contribution in [1.82, 2.24) is 0 Å². The number of ether oxygens (including phenoxy) is 1. The van der Waals surface area contributed by atoms with E-state index in [1.54, 1.807) is 30.2 Å². The summed E-state index contributed by atoms with van der Waals surface area (Å²) in [4.78, 5) is 2.35. The van der Waals surface area contributed by atoms with E-state index in [2.05, 4.69) is 47.1 Å². The van der Waals surface area contributed by atoms with Crippen molar-refractivity contribution in [3.05, 3.63) is 81.5 Å². The monoisotopic (exact) mass is 385 g/mol. The van der Waals surface area contributed by atoms with Crippen LogP contribution in [0.2, 0.25) is 5.02 Å². The van der Waals surface area contributed by atoms with Crippen molar-refractivity contribution < 1.29 is 4.74 Å². The lowest BCUT2D eigenvalue weighted by atomic mass is 10.1. The van der Waals surface area contributed by atoms with Crippen molar-refractivity contribution in [2.75, 3.05) is 12.4 Å². The van der Waals surface area contributed by atoms with Crippen LogP contribution in [-0.4, -0.2) is 7.11 Å². The van der Waals surface area contributed by atoms with Crippen LogP contribution >= 0.6 is 34.7 Å². The SMILES string of the molecule is COc1ccc2c(c1)SC(c1ccccc1Cl)C=C(c1cccs1)N2. The van der Waals surface area contributed by atoms with E-state index < -0.39 is 0 Å². The molecule has 2 heterocycles. The van der Waals surface area contributed by atoms with Gasteiger partial charge in [-0.05, 0) is 47.4 Å². The minimum Gasteiger partial charge on any atom is -0.497 e. The second kappa shape index (κ2) is 7.16. The number of benzene rings is 2. The van der Waals surface area contributed by atoms with E-state index in [-0.39, 0.29) is 5.25 Å². The van der Waals surface area contributed by atoms with Crippen LogP contribution in [0.4, 0.5) is 5.69 Å². The minimum absolute atomic E-state index is 0.117. The molecule has 2 nitrogen and oxygen atoms in total. The molecule has 2 aromatic carbocycles. The number of thioether (sulfide) groups is 1. The lowest BCUT2D eigenvalue weighted by molar-refractivity contribution is 0.414. The first-order valence-corrected chi connectivity index (χ1v) is 10.00. The van der Waals surface area contributed by atoms with Crippen molar-refractivity contribution in [3.63, 3.8) is 0 Å². The number of methoxy groups -OCH3 is 1. The zero-order chi connectivity index (χ0) is 17.2. The summed E-state index contributed by atoms with van der Waals surface area (Å²) in [5.41, 5.74) is 3.30. The third-order valence-electron chi connectivity index (χ3n) is 4.03. The van der Waals surface area contributed by atoms with Gasteiger partial charge in [-0.25, -0.2) is 0 Å². The van der Waals surface area contributed by atoms with Crippen LogP contribution in [0.5, 0.6) is 5.75 Å². The second-order valence-electron chi connectivity index (χ2n) is 5.60. The summed E-state index contributed by atoms with van der Waals surface area (Å²) in [5.74, 6) is 0.852. The van der Waals surface area contributed by atoms with Crippen molar-refractivity contribution in [2.45, 2.75) is 10.1 Å². The van der Waals surface area contributed by atoms with Gasteiger partial charge in [0.25, 0.3) is 0 Å². The predicted octanol–water partition coefficient (Wildman–Crippen LogP) is 6.71. The fourth-order valence-corrected chi connectivity index (χ4v) is 5.04. The van der Waals surface area contributed by atoms with Crippen molar-refractivity contribution in [3.8, 4) is 5.75 Å². The van der Waals surface area contributed by atoms with Gasteiger partial charge in [0, 0.05) is 9.92 Å². The third kappa shape index (κ3) is 3.43. The van der Waals surface area contributed by atoms with Gasteiger partial charge in [0.1, 0.15) is 5.75 Å². The second-order valence-corrected chi connectivity index (χ2v) is 8.14. The van der Waals surface area contributed by atoms with E-state index in [0.717, 1.165) is 32.6 Å². The highest BCUT2D eigenvalue weighted by molar-refractivity contribution is 7.99. The van der Waals surface area contributed by atoms with E-state index in [1.165, 1.54) is 4.88 Å². The molecule has 25 heavy (non-hydrogen) atoms. The Balaban J connectivity index is 1.83. The molecule has 0 fully saturated rings. The van der Waals surface area contributed by atoms with Crippen LogP contribution in [0.1, 0.15) is 15.7 Å². The molecule has 1 N–H and O–H groups in total. The third-order valence-corrected chi connectivity index (χ3v) is 6.51. The molecule has 0 saturated carbocycles. The number of hydrogen-bond donors (Lipinski definition) is 1. The zero-order valence-corrected chi connectivity index (χ0v) is 15.9. The highest BCUT2D eigenvalue weighted by atomic mass is 35.5. The smallest absolute Gasteiger partial charge is 0.120 e. The van der Waals surface area contributed by atoms with Crippen LogP contribution in [0, 0.1) is 0 Å². The zero-order valence-electron chi connectivity index (χ0n) is 13.5. The molecule has 0 aliphatic carbocycles. The molecule has 1 aliphatic rings. The first-order chi connectivity index (χ1) is 12.2. The molecule has 3 aromatic rings. The molecule has 0 radical (unpaired) electrons. The lowest BCUT2D eigenvalue weighted by Gasteiger charge is -2.14. The summed E-state index contributed by atoms with van der Waals surface area (Å²) in [6.07, 6.45) is 2.25. The van der Waals surface area contributed by atoms with E-state index in [4.69, 9.17) is 16.3 Å². The molecule has 1 aromatic heterocycles. The number of anilines is 1. The van der Waals surface area contributed by atoms with Gasteiger partial charge in [-0.3, -0.25) is 0 Å². The van der Waals surface area contributed by atoms with Gasteiger partial charge >= 0.3 is 0 Å². The van der Waals surface area contributed by atoms with Crippen molar-refractivity contribution in [1.29, 1.82) is 0 Å². The Morgan fingerprint density at radius 3 is 2.72 bits per heavy atom. The Labute approximate surface area is 160 Å². The maximum atomic E-state index is 6.48. The standard InChI is InChI=1S/C20H16ClNOS2/c1-23-13-8-9-16-20(11-13)25-19(14-5-2-3-6-15(14)21)12-17(22-16)18-7-4-10-24-18/h2-12,19,22H,1H3. The number of halogens is 1.